The van der Waals surface area contributed by atoms with Crippen LogP contribution in [0.4, 0.5) is 5.69 Å². The number of benzene rings is 2. The molecule has 0 aliphatic heterocycles. The van der Waals surface area contributed by atoms with Gasteiger partial charge in [0.15, 0.2) is 6.10 Å². The van der Waals surface area contributed by atoms with Crippen LogP contribution in [-0.2, 0) is 22.4 Å². The Labute approximate surface area is 186 Å². The van der Waals surface area contributed by atoms with Crippen molar-refractivity contribution >= 4 is 34.4 Å². The lowest BCUT2D eigenvalue weighted by molar-refractivity contribution is -0.123. The molecule has 0 saturated heterocycles. The highest BCUT2D eigenvalue weighted by Gasteiger charge is 2.28. The summed E-state index contributed by atoms with van der Waals surface area (Å²) in [5.74, 6) is -1.10. The van der Waals surface area contributed by atoms with E-state index in [0.29, 0.717) is 22.7 Å². The minimum Gasteiger partial charge on any atom is -0.449 e. The molecule has 7 nitrogen and oxygen atoms in total. The molecule has 1 heterocycles. The number of para-hydroxylation sites is 1. The molecule has 164 valence electrons. The second kappa shape index (κ2) is 8.78. The standard InChI is InChI=1S/C25H25N3O4/c1-14-7-12-21-19(13-14)22(18-5-3-4-6-20(18)28-21)25(31)32-15(2)24(30)27-17-10-8-16(9-11-17)23(26)29/h3-6,8-11,14-15H,7,12-13H2,1-2H3,(H2,26,29)(H,27,30). The Balaban J connectivity index is 1.56. The van der Waals surface area contributed by atoms with Gasteiger partial charge >= 0.3 is 5.97 Å². The first-order valence-electron chi connectivity index (χ1n) is 10.7. The van der Waals surface area contributed by atoms with E-state index in [2.05, 4.69) is 12.2 Å². The highest BCUT2D eigenvalue weighted by atomic mass is 16.5. The molecule has 0 saturated carbocycles. The Morgan fingerprint density at radius 2 is 1.84 bits per heavy atom. The number of anilines is 1. The highest BCUT2D eigenvalue weighted by molar-refractivity contribution is 6.06. The molecule has 1 aliphatic rings. The van der Waals surface area contributed by atoms with Crippen LogP contribution < -0.4 is 11.1 Å². The lowest BCUT2D eigenvalue weighted by Gasteiger charge is -2.24. The second-order valence-corrected chi connectivity index (χ2v) is 8.26. The monoisotopic (exact) mass is 431 g/mol. The fourth-order valence-electron chi connectivity index (χ4n) is 4.03. The quantitative estimate of drug-likeness (QED) is 0.599. The minimum atomic E-state index is -1.01. The molecule has 3 aromatic rings. The molecule has 2 atom stereocenters. The van der Waals surface area contributed by atoms with Gasteiger partial charge in [0.1, 0.15) is 0 Å². The van der Waals surface area contributed by atoms with Gasteiger partial charge in [-0.3, -0.25) is 14.6 Å². The zero-order chi connectivity index (χ0) is 22.8. The van der Waals surface area contributed by atoms with Crippen LogP contribution >= 0.6 is 0 Å². The molecule has 4 rings (SSSR count). The maximum Gasteiger partial charge on any atom is 0.339 e. The zero-order valence-electron chi connectivity index (χ0n) is 18.1. The number of pyridine rings is 1. The van der Waals surface area contributed by atoms with Crippen molar-refractivity contribution in [2.75, 3.05) is 5.32 Å². The maximum absolute atomic E-state index is 13.2. The number of aryl methyl sites for hydroxylation is 1. The summed E-state index contributed by atoms with van der Waals surface area (Å²) in [4.78, 5) is 41.8. The number of nitrogens with two attached hydrogens (primary N) is 1. The number of rotatable bonds is 5. The molecule has 7 heteroatoms. The summed E-state index contributed by atoms with van der Waals surface area (Å²) < 4.78 is 5.59. The van der Waals surface area contributed by atoms with Crippen molar-refractivity contribution in [2.45, 2.75) is 39.2 Å². The van der Waals surface area contributed by atoms with E-state index in [4.69, 9.17) is 15.5 Å². The first-order valence-corrected chi connectivity index (χ1v) is 10.7. The summed E-state index contributed by atoms with van der Waals surface area (Å²) in [6, 6.07) is 13.7. The number of nitrogens with zero attached hydrogens (tertiary/aromatic N) is 1. The summed E-state index contributed by atoms with van der Waals surface area (Å²) in [5.41, 5.74) is 9.15. The Bertz CT molecular complexity index is 1200. The number of fused-ring (bicyclic) bond motifs is 2. The second-order valence-electron chi connectivity index (χ2n) is 8.26. The largest absolute Gasteiger partial charge is 0.449 e. The van der Waals surface area contributed by atoms with Crippen molar-refractivity contribution in [3.8, 4) is 0 Å². The number of primary amides is 1. The third-order valence-corrected chi connectivity index (χ3v) is 5.80. The minimum absolute atomic E-state index is 0.339. The fourth-order valence-corrected chi connectivity index (χ4v) is 4.03. The molecular weight excluding hydrogens is 406 g/mol. The fraction of sp³-hybridized carbons (Fsp3) is 0.280. The van der Waals surface area contributed by atoms with Gasteiger partial charge in [-0.1, -0.05) is 25.1 Å². The van der Waals surface area contributed by atoms with Gasteiger partial charge in [0, 0.05) is 22.3 Å². The topological polar surface area (TPSA) is 111 Å². The molecule has 1 aliphatic carbocycles. The van der Waals surface area contributed by atoms with Gasteiger partial charge in [-0.15, -0.1) is 0 Å². The van der Waals surface area contributed by atoms with Gasteiger partial charge in [-0.05, 0) is 68.0 Å². The Hall–Kier alpha value is -3.74. The van der Waals surface area contributed by atoms with E-state index in [1.807, 2.05) is 24.3 Å². The van der Waals surface area contributed by atoms with Gasteiger partial charge in [-0.25, -0.2) is 4.79 Å². The van der Waals surface area contributed by atoms with Crippen molar-refractivity contribution in [2.24, 2.45) is 11.7 Å². The third kappa shape index (κ3) is 4.32. The number of carbonyl (C=O) groups is 3. The first-order chi connectivity index (χ1) is 15.3. The molecule has 3 N–H and O–H groups in total. The van der Waals surface area contributed by atoms with Crippen LogP contribution in [0, 0.1) is 5.92 Å². The number of ether oxygens (including phenoxy) is 1. The molecule has 2 unspecified atom stereocenters. The number of hydrogen-bond acceptors (Lipinski definition) is 5. The van der Waals surface area contributed by atoms with E-state index in [0.717, 1.165) is 41.4 Å². The molecular formula is C25H25N3O4. The summed E-state index contributed by atoms with van der Waals surface area (Å²) in [7, 11) is 0. The van der Waals surface area contributed by atoms with Crippen molar-refractivity contribution in [3.05, 3.63) is 70.9 Å². The van der Waals surface area contributed by atoms with E-state index in [9.17, 15) is 14.4 Å². The average molecular weight is 431 g/mol. The van der Waals surface area contributed by atoms with Crippen molar-refractivity contribution in [1.82, 2.24) is 4.98 Å². The lowest BCUT2D eigenvalue weighted by Crippen LogP contribution is -2.31. The summed E-state index contributed by atoms with van der Waals surface area (Å²) in [6.07, 6.45) is 1.59. The third-order valence-electron chi connectivity index (χ3n) is 5.80. The SMILES string of the molecule is CC1CCc2nc3ccccc3c(C(=O)OC(C)C(=O)Nc3ccc(C(N)=O)cc3)c2C1. The van der Waals surface area contributed by atoms with Crippen molar-refractivity contribution < 1.29 is 19.1 Å². The molecule has 2 aromatic carbocycles. The number of carbonyl (C=O) groups excluding carboxylic acids is 3. The van der Waals surface area contributed by atoms with Crippen LogP contribution in [-0.4, -0.2) is 28.9 Å². The number of amides is 2. The van der Waals surface area contributed by atoms with Crippen LogP contribution in [0.15, 0.2) is 48.5 Å². The Morgan fingerprint density at radius 3 is 2.56 bits per heavy atom. The summed E-state index contributed by atoms with van der Waals surface area (Å²) in [6.45, 7) is 3.69. The van der Waals surface area contributed by atoms with Gasteiger partial charge in [0.25, 0.3) is 5.91 Å². The molecule has 0 spiro atoms. The molecule has 1 aromatic heterocycles. The maximum atomic E-state index is 13.2. The van der Waals surface area contributed by atoms with E-state index in [1.165, 1.54) is 19.1 Å². The predicted octanol–water partition coefficient (Wildman–Crippen LogP) is 3.64. The zero-order valence-corrected chi connectivity index (χ0v) is 18.1. The number of hydrogen-bond donors (Lipinski definition) is 2. The normalized spacial score (nSPS) is 16.1. The Morgan fingerprint density at radius 1 is 1.12 bits per heavy atom. The molecule has 0 fully saturated rings. The van der Waals surface area contributed by atoms with Gasteiger partial charge in [0.2, 0.25) is 5.91 Å². The summed E-state index contributed by atoms with van der Waals surface area (Å²) in [5, 5.41) is 3.43. The first kappa shape index (κ1) is 21.5. The lowest BCUT2D eigenvalue weighted by atomic mass is 9.84. The predicted molar refractivity (Wildman–Crippen MR) is 121 cm³/mol. The van der Waals surface area contributed by atoms with Crippen molar-refractivity contribution in [1.29, 1.82) is 0 Å². The van der Waals surface area contributed by atoms with Crippen LogP contribution in [0.3, 0.4) is 0 Å². The summed E-state index contributed by atoms with van der Waals surface area (Å²) >= 11 is 0. The number of nitrogens with one attached hydrogen (secondary N) is 1. The van der Waals surface area contributed by atoms with Gasteiger partial charge in [-0.2, -0.15) is 0 Å². The van der Waals surface area contributed by atoms with Gasteiger partial charge < -0.3 is 15.8 Å². The van der Waals surface area contributed by atoms with E-state index < -0.39 is 23.9 Å². The Kier molecular flexibility index (Phi) is 5.90. The smallest absolute Gasteiger partial charge is 0.339 e. The van der Waals surface area contributed by atoms with Crippen LogP contribution in [0.2, 0.25) is 0 Å². The average Bonchev–Trinajstić information content (AvgIpc) is 2.77. The number of esters is 1. The van der Waals surface area contributed by atoms with Crippen LogP contribution in [0.1, 0.15) is 52.2 Å². The number of aromatic nitrogens is 1. The molecule has 32 heavy (non-hydrogen) atoms. The van der Waals surface area contributed by atoms with E-state index in [1.54, 1.807) is 12.1 Å². The molecule has 2 amide bonds. The van der Waals surface area contributed by atoms with E-state index in [-0.39, 0.29) is 0 Å². The van der Waals surface area contributed by atoms with Crippen LogP contribution in [0.5, 0.6) is 0 Å². The highest BCUT2D eigenvalue weighted by Crippen LogP contribution is 2.32. The van der Waals surface area contributed by atoms with Crippen molar-refractivity contribution in [3.63, 3.8) is 0 Å². The van der Waals surface area contributed by atoms with Gasteiger partial charge in [0.05, 0.1) is 11.1 Å². The van der Waals surface area contributed by atoms with E-state index >= 15 is 0 Å². The molecule has 0 bridgehead atoms. The van der Waals surface area contributed by atoms with Crippen LogP contribution in [0.25, 0.3) is 10.9 Å². The molecule has 0 radical (unpaired) electrons.